The van der Waals surface area contributed by atoms with Crippen molar-refractivity contribution < 1.29 is 47.2 Å². The van der Waals surface area contributed by atoms with Crippen molar-refractivity contribution in [3.05, 3.63) is 89.5 Å². The van der Waals surface area contributed by atoms with E-state index in [-0.39, 0.29) is 42.0 Å². The van der Waals surface area contributed by atoms with Crippen LogP contribution in [-0.4, -0.2) is 61.5 Å². The van der Waals surface area contributed by atoms with Crippen LogP contribution < -0.4 is 9.47 Å². The minimum Gasteiger partial charge on any atom is -0.493 e. The average Bonchev–Trinajstić information content (AvgIpc) is 3.06. The Bertz CT molecular complexity index is 1450. The summed E-state index contributed by atoms with van der Waals surface area (Å²) in [5.41, 5.74) is 1.02. The number of aromatic nitrogens is 1. The average molecular weight is 654 g/mol. The van der Waals surface area contributed by atoms with E-state index in [2.05, 4.69) is 4.98 Å². The van der Waals surface area contributed by atoms with Crippen molar-refractivity contribution in [2.24, 2.45) is 11.8 Å². The Morgan fingerprint density at radius 1 is 0.957 bits per heavy atom. The Morgan fingerprint density at radius 2 is 1.66 bits per heavy atom. The first-order valence-electron chi connectivity index (χ1n) is 15.5. The molecule has 3 rings (SSSR count). The van der Waals surface area contributed by atoms with Crippen LogP contribution in [0.1, 0.15) is 62.7 Å². The molecule has 254 valence electrons. The number of ketones is 1. The molecule has 11 heteroatoms. The summed E-state index contributed by atoms with van der Waals surface area (Å²) < 4.78 is 46.9. The summed E-state index contributed by atoms with van der Waals surface area (Å²) in [6.07, 6.45) is 0.967. The van der Waals surface area contributed by atoms with Crippen LogP contribution in [0.5, 0.6) is 11.5 Å². The zero-order chi connectivity index (χ0) is 34.4. The van der Waals surface area contributed by atoms with Crippen LogP contribution in [0.3, 0.4) is 0 Å². The minimum absolute atomic E-state index is 0.0187. The van der Waals surface area contributed by atoms with Gasteiger partial charge in [-0.05, 0) is 57.4 Å². The normalized spacial score (nSPS) is 13.3. The Kier molecular flexibility index (Phi) is 14.3. The maximum Gasteiger partial charge on any atom is 0.334 e. The number of halogens is 1. The Morgan fingerprint density at radius 3 is 2.32 bits per heavy atom. The van der Waals surface area contributed by atoms with E-state index in [1.54, 1.807) is 32.9 Å². The van der Waals surface area contributed by atoms with Gasteiger partial charge in [0.25, 0.3) is 0 Å². The van der Waals surface area contributed by atoms with Crippen molar-refractivity contribution >= 4 is 17.7 Å². The predicted octanol–water partition coefficient (Wildman–Crippen LogP) is 6.14. The maximum absolute atomic E-state index is 13.6. The van der Waals surface area contributed by atoms with Gasteiger partial charge in [-0.25, -0.2) is 14.2 Å². The Labute approximate surface area is 275 Å². The molecule has 1 aromatic heterocycles. The largest absolute Gasteiger partial charge is 0.493 e. The molecule has 0 aliphatic carbocycles. The van der Waals surface area contributed by atoms with Crippen LogP contribution in [-0.2, 0) is 41.6 Å². The summed E-state index contributed by atoms with van der Waals surface area (Å²) in [7, 11) is 1.40. The summed E-state index contributed by atoms with van der Waals surface area (Å²) in [6, 6.07) is 17.4. The number of methoxy groups -OCH3 is 1. The lowest BCUT2D eigenvalue weighted by Crippen LogP contribution is -2.44. The number of nitrogens with zero attached hydrogens (tertiary/aromatic N) is 1. The van der Waals surface area contributed by atoms with Gasteiger partial charge in [-0.1, -0.05) is 49.4 Å². The molecule has 0 spiro atoms. The number of hydrogen-bond donors (Lipinski definition) is 0. The third-order valence-electron chi connectivity index (χ3n) is 7.68. The van der Waals surface area contributed by atoms with Crippen molar-refractivity contribution in [1.82, 2.24) is 4.98 Å². The summed E-state index contributed by atoms with van der Waals surface area (Å²) in [5, 5.41) is 0. The molecule has 3 aromatic rings. The van der Waals surface area contributed by atoms with Crippen molar-refractivity contribution in [2.45, 2.75) is 65.8 Å². The van der Waals surface area contributed by atoms with Crippen LogP contribution in [0.25, 0.3) is 0 Å². The standard InChI is InChI=1S/C36H44FNO9/c1-7-43-22-32(40)44-23-45-34-31(42-6)17-18-38-33(34)30(39)19-24(2)35(41)47-25(3)29(20-26-13-15-28(37)16-14-26)36(4,5)46-21-27-11-9-8-10-12-27/h8-18,24-25,29H,7,19-23H2,1-6H3/t24-,25+,29+/m1/s1. The second kappa shape index (κ2) is 18.1. The maximum atomic E-state index is 13.6. The molecule has 0 aliphatic heterocycles. The zero-order valence-electron chi connectivity index (χ0n) is 27.8. The lowest BCUT2D eigenvalue weighted by molar-refractivity contribution is -0.164. The fourth-order valence-corrected chi connectivity index (χ4v) is 4.95. The van der Waals surface area contributed by atoms with E-state index < -0.39 is 42.1 Å². The van der Waals surface area contributed by atoms with Crippen molar-refractivity contribution in [2.75, 3.05) is 27.1 Å². The highest BCUT2D eigenvalue weighted by molar-refractivity contribution is 5.99. The number of pyridine rings is 1. The molecular formula is C36H44FNO9. The SMILES string of the molecule is CCOCC(=O)OCOc1c(OC)ccnc1C(=O)C[C@@H](C)C(=O)O[C@@H](C)[C@H](Cc1ccc(F)cc1)C(C)(C)OCc1ccccc1. The highest BCUT2D eigenvalue weighted by atomic mass is 19.1. The fraction of sp³-hybridized carbons (Fsp3) is 0.444. The van der Waals surface area contributed by atoms with Gasteiger partial charge < -0.3 is 28.4 Å². The molecule has 1 heterocycles. The number of carbonyl (C=O) groups is 3. The molecule has 0 saturated heterocycles. The van der Waals surface area contributed by atoms with Gasteiger partial charge in [-0.3, -0.25) is 9.59 Å². The van der Waals surface area contributed by atoms with Gasteiger partial charge in [0.1, 0.15) is 18.5 Å². The van der Waals surface area contributed by atoms with Crippen molar-refractivity contribution in [3.8, 4) is 11.5 Å². The quantitative estimate of drug-likeness (QED) is 0.0848. The minimum atomic E-state index is -0.838. The van der Waals surface area contributed by atoms with Crippen LogP contribution in [0.4, 0.5) is 4.39 Å². The zero-order valence-corrected chi connectivity index (χ0v) is 27.8. The Balaban J connectivity index is 1.71. The fourth-order valence-electron chi connectivity index (χ4n) is 4.95. The smallest absolute Gasteiger partial charge is 0.334 e. The van der Waals surface area contributed by atoms with E-state index in [0.29, 0.717) is 19.6 Å². The molecule has 0 N–H and O–H groups in total. The predicted molar refractivity (Wildman–Crippen MR) is 171 cm³/mol. The molecule has 2 aromatic carbocycles. The second-order valence-electron chi connectivity index (χ2n) is 11.6. The van der Waals surface area contributed by atoms with Gasteiger partial charge >= 0.3 is 11.9 Å². The van der Waals surface area contributed by atoms with Gasteiger partial charge in [-0.2, -0.15) is 0 Å². The van der Waals surface area contributed by atoms with E-state index in [1.165, 1.54) is 31.5 Å². The number of rotatable bonds is 19. The number of ether oxygens (including phenoxy) is 6. The summed E-state index contributed by atoms with van der Waals surface area (Å²) >= 11 is 0. The molecule has 0 radical (unpaired) electrons. The van der Waals surface area contributed by atoms with Gasteiger partial charge in [0.2, 0.25) is 6.79 Å². The van der Waals surface area contributed by atoms with Crippen LogP contribution in [0.2, 0.25) is 0 Å². The monoisotopic (exact) mass is 653 g/mol. The molecule has 0 unspecified atom stereocenters. The highest BCUT2D eigenvalue weighted by Gasteiger charge is 2.38. The molecule has 47 heavy (non-hydrogen) atoms. The van der Waals surface area contributed by atoms with Crippen LogP contribution >= 0.6 is 0 Å². The molecule has 0 aliphatic rings. The number of Topliss-reactive ketones (excluding diaryl/α,β-unsaturated/α-hetero) is 1. The topological polar surface area (TPSA) is 119 Å². The Hall–Kier alpha value is -4.35. The first-order valence-corrected chi connectivity index (χ1v) is 15.5. The molecule has 0 bridgehead atoms. The third-order valence-corrected chi connectivity index (χ3v) is 7.68. The van der Waals surface area contributed by atoms with Crippen LogP contribution in [0.15, 0.2) is 66.9 Å². The molecule has 10 nitrogen and oxygen atoms in total. The van der Waals surface area contributed by atoms with Gasteiger partial charge in [-0.15, -0.1) is 0 Å². The second-order valence-corrected chi connectivity index (χ2v) is 11.6. The van der Waals surface area contributed by atoms with Gasteiger partial charge in [0.05, 0.1) is 25.2 Å². The van der Waals surface area contributed by atoms with Crippen LogP contribution in [0, 0.1) is 17.7 Å². The number of benzene rings is 2. The highest BCUT2D eigenvalue weighted by Crippen LogP contribution is 2.33. The number of hydrogen-bond acceptors (Lipinski definition) is 10. The number of carbonyl (C=O) groups excluding carboxylic acids is 3. The lowest BCUT2D eigenvalue weighted by atomic mass is 9.81. The summed E-state index contributed by atoms with van der Waals surface area (Å²) in [6.45, 7) is 8.95. The molecule has 0 saturated carbocycles. The van der Waals surface area contributed by atoms with Crippen molar-refractivity contribution in [3.63, 3.8) is 0 Å². The van der Waals surface area contributed by atoms with E-state index in [4.69, 9.17) is 28.4 Å². The molecule has 0 fully saturated rings. The van der Waals surface area contributed by atoms with E-state index in [0.717, 1.165) is 11.1 Å². The number of esters is 2. The summed E-state index contributed by atoms with van der Waals surface area (Å²) in [5.74, 6) is -3.04. The van der Waals surface area contributed by atoms with E-state index in [1.807, 2.05) is 44.2 Å². The van der Waals surface area contributed by atoms with Crippen molar-refractivity contribution in [1.29, 1.82) is 0 Å². The van der Waals surface area contributed by atoms with Gasteiger partial charge in [0, 0.05) is 31.2 Å². The lowest BCUT2D eigenvalue weighted by Gasteiger charge is -2.38. The molecular weight excluding hydrogens is 609 g/mol. The third kappa shape index (κ3) is 11.4. The van der Waals surface area contributed by atoms with Gasteiger partial charge in [0.15, 0.2) is 23.0 Å². The summed E-state index contributed by atoms with van der Waals surface area (Å²) in [4.78, 5) is 42.7. The molecule has 0 amide bonds. The molecule has 3 atom stereocenters. The first-order chi connectivity index (χ1) is 22.4. The van der Waals surface area contributed by atoms with E-state index in [9.17, 15) is 18.8 Å². The van der Waals surface area contributed by atoms with E-state index >= 15 is 0 Å². The first kappa shape index (κ1) is 37.1.